The number of carboxylic acids is 2. The summed E-state index contributed by atoms with van der Waals surface area (Å²) in [5, 5.41) is 18.4. The quantitative estimate of drug-likeness (QED) is 0.833. The Hall–Kier alpha value is -2.09. The van der Waals surface area contributed by atoms with Crippen molar-refractivity contribution in [2.45, 2.75) is 38.6 Å². The highest BCUT2D eigenvalue weighted by atomic mass is 16.4. The van der Waals surface area contributed by atoms with Crippen LogP contribution in [0.25, 0.3) is 0 Å². The fraction of sp³-hybridized carbons (Fsp3) is 0.688. The summed E-state index contributed by atoms with van der Waals surface area (Å²) in [7, 11) is 0. The number of carbonyl (C=O) groups is 2. The molecule has 2 saturated heterocycles. The van der Waals surface area contributed by atoms with E-state index >= 15 is 0 Å². The highest BCUT2D eigenvalue weighted by Gasteiger charge is 2.48. The predicted octanol–water partition coefficient (Wildman–Crippen LogP) is 1.53. The van der Waals surface area contributed by atoms with Gasteiger partial charge in [-0.3, -0.25) is 9.69 Å². The van der Waals surface area contributed by atoms with Crippen LogP contribution in [-0.4, -0.2) is 64.3 Å². The van der Waals surface area contributed by atoms with Crippen LogP contribution < -0.4 is 4.90 Å². The van der Waals surface area contributed by atoms with Crippen molar-refractivity contribution in [1.82, 2.24) is 9.88 Å². The van der Waals surface area contributed by atoms with Gasteiger partial charge in [-0.05, 0) is 37.6 Å². The number of anilines is 1. The Kier molecular flexibility index (Phi) is 4.49. The lowest BCUT2D eigenvalue weighted by molar-refractivity contribution is -0.142. The van der Waals surface area contributed by atoms with Crippen LogP contribution in [0.4, 0.5) is 6.01 Å². The summed E-state index contributed by atoms with van der Waals surface area (Å²) in [5.41, 5.74) is -0.0667. The van der Waals surface area contributed by atoms with Gasteiger partial charge in [0.1, 0.15) is 12.3 Å². The molecule has 0 amide bonds. The Morgan fingerprint density at radius 2 is 2.08 bits per heavy atom. The third-order valence-corrected chi connectivity index (χ3v) is 5.21. The number of hydrogen-bond acceptors (Lipinski definition) is 6. The van der Waals surface area contributed by atoms with Gasteiger partial charge >= 0.3 is 11.9 Å². The maximum absolute atomic E-state index is 11.5. The molecule has 0 saturated carbocycles. The molecular weight excluding hydrogens is 314 g/mol. The Labute approximate surface area is 140 Å². The van der Waals surface area contributed by atoms with E-state index in [0.717, 1.165) is 38.6 Å². The van der Waals surface area contributed by atoms with Gasteiger partial charge in [0.05, 0.1) is 0 Å². The molecule has 1 spiro atoms. The van der Waals surface area contributed by atoms with Gasteiger partial charge < -0.3 is 19.5 Å². The van der Waals surface area contributed by atoms with Gasteiger partial charge in [-0.25, -0.2) is 4.79 Å². The minimum absolute atomic E-state index is 0.0247. The number of hydrogen-bond donors (Lipinski definition) is 2. The zero-order valence-electron chi connectivity index (χ0n) is 13.8. The lowest BCUT2D eigenvalue weighted by Crippen LogP contribution is -2.42. The summed E-state index contributed by atoms with van der Waals surface area (Å²) in [6.45, 7) is 5.09. The van der Waals surface area contributed by atoms with Crippen LogP contribution >= 0.6 is 0 Å². The molecule has 0 aromatic carbocycles. The van der Waals surface area contributed by atoms with Crippen LogP contribution in [0.15, 0.2) is 10.7 Å². The van der Waals surface area contributed by atoms with Crippen molar-refractivity contribution in [2.75, 3.05) is 31.1 Å². The topological polar surface area (TPSA) is 107 Å². The van der Waals surface area contributed by atoms with Gasteiger partial charge in [0.2, 0.25) is 0 Å². The Morgan fingerprint density at radius 1 is 1.38 bits per heavy atom. The van der Waals surface area contributed by atoms with Crippen molar-refractivity contribution in [3.63, 3.8) is 0 Å². The highest BCUT2D eigenvalue weighted by molar-refractivity contribution is 5.85. The van der Waals surface area contributed by atoms with Crippen LogP contribution in [-0.2, 0) is 4.79 Å². The molecule has 1 atom stereocenters. The van der Waals surface area contributed by atoms with Crippen molar-refractivity contribution in [3.8, 4) is 0 Å². The van der Waals surface area contributed by atoms with Crippen molar-refractivity contribution in [3.05, 3.63) is 12.0 Å². The smallest absolute Gasteiger partial charge is 0.357 e. The number of aromatic carboxylic acids is 1. The summed E-state index contributed by atoms with van der Waals surface area (Å²) >= 11 is 0. The molecule has 0 unspecified atom stereocenters. The number of aromatic nitrogens is 1. The fourth-order valence-corrected chi connectivity index (χ4v) is 3.95. The number of aliphatic carboxylic acids is 1. The molecule has 2 fully saturated rings. The van der Waals surface area contributed by atoms with Crippen LogP contribution in [0, 0.1) is 5.41 Å². The summed E-state index contributed by atoms with van der Waals surface area (Å²) < 4.78 is 5.26. The second kappa shape index (κ2) is 6.43. The third-order valence-electron chi connectivity index (χ3n) is 5.21. The maximum Gasteiger partial charge on any atom is 0.357 e. The fourth-order valence-electron chi connectivity index (χ4n) is 3.95. The molecule has 0 radical (unpaired) electrons. The van der Waals surface area contributed by atoms with E-state index in [1.807, 2.05) is 4.90 Å². The second-order valence-electron chi connectivity index (χ2n) is 6.84. The van der Waals surface area contributed by atoms with E-state index in [0.29, 0.717) is 25.5 Å². The van der Waals surface area contributed by atoms with Crippen LogP contribution in [0.2, 0.25) is 0 Å². The lowest BCUT2D eigenvalue weighted by atomic mass is 9.76. The van der Waals surface area contributed by atoms with Crippen LogP contribution in [0.1, 0.15) is 43.1 Å². The number of nitrogens with zero attached hydrogens (tertiary/aromatic N) is 3. The first kappa shape index (κ1) is 16.8. The minimum Gasteiger partial charge on any atom is -0.480 e. The Bertz CT molecular complexity index is 621. The minimum atomic E-state index is -1.10. The first-order valence-corrected chi connectivity index (χ1v) is 8.35. The van der Waals surface area contributed by atoms with E-state index in [-0.39, 0.29) is 11.1 Å². The van der Waals surface area contributed by atoms with Crippen molar-refractivity contribution in [2.24, 2.45) is 5.41 Å². The molecule has 24 heavy (non-hydrogen) atoms. The van der Waals surface area contributed by atoms with Gasteiger partial charge in [0, 0.05) is 19.6 Å². The van der Waals surface area contributed by atoms with Gasteiger partial charge in [0.25, 0.3) is 6.01 Å². The molecule has 2 aliphatic rings. The molecular formula is C16H23N3O5. The first-order valence-electron chi connectivity index (χ1n) is 8.35. The zero-order chi connectivity index (χ0) is 17.3. The van der Waals surface area contributed by atoms with Crippen molar-refractivity contribution < 1.29 is 24.2 Å². The SMILES string of the molecule is CCCN1CC2(CCN(c3nc(C(=O)O)co3)CC2)C[C@@H]1C(=O)O. The average molecular weight is 337 g/mol. The van der Waals surface area contributed by atoms with Crippen LogP contribution in [0.5, 0.6) is 0 Å². The maximum atomic E-state index is 11.5. The van der Waals surface area contributed by atoms with Gasteiger partial charge in [-0.15, -0.1) is 0 Å². The predicted molar refractivity (Wildman–Crippen MR) is 85.2 cm³/mol. The van der Waals surface area contributed by atoms with E-state index in [1.165, 1.54) is 0 Å². The molecule has 0 aliphatic carbocycles. The van der Waals surface area contributed by atoms with Crippen molar-refractivity contribution in [1.29, 1.82) is 0 Å². The normalized spacial score (nSPS) is 23.7. The van der Waals surface area contributed by atoms with Gasteiger partial charge in [-0.1, -0.05) is 6.92 Å². The van der Waals surface area contributed by atoms with E-state index in [4.69, 9.17) is 9.52 Å². The standard InChI is InChI=1S/C16H23N3O5/c1-2-5-19-10-16(8-12(19)14(22)23)3-6-18(7-4-16)15-17-11(9-24-15)13(20)21/h9,12H,2-8,10H2,1H3,(H,20,21)(H,22,23)/t12-/m1/s1. The number of carboxylic acid groups (broad SMARTS) is 2. The summed E-state index contributed by atoms with van der Waals surface area (Å²) in [5.74, 6) is -1.84. The largest absolute Gasteiger partial charge is 0.480 e. The molecule has 8 nitrogen and oxygen atoms in total. The lowest BCUT2D eigenvalue weighted by Gasteiger charge is -2.38. The van der Waals surface area contributed by atoms with Gasteiger partial charge in [-0.2, -0.15) is 4.98 Å². The number of likely N-dealkylation sites (tertiary alicyclic amines) is 1. The van der Waals surface area contributed by atoms with Crippen LogP contribution in [0.3, 0.4) is 0 Å². The van der Waals surface area contributed by atoms with E-state index in [1.54, 1.807) is 0 Å². The number of oxazole rings is 1. The molecule has 2 aliphatic heterocycles. The molecule has 3 heterocycles. The average Bonchev–Trinajstić information content (AvgIpc) is 3.15. The molecule has 8 heteroatoms. The highest BCUT2D eigenvalue weighted by Crippen LogP contribution is 2.44. The third kappa shape index (κ3) is 3.10. The summed E-state index contributed by atoms with van der Waals surface area (Å²) in [6, 6.07) is -0.0581. The second-order valence-corrected chi connectivity index (χ2v) is 6.84. The van der Waals surface area contributed by atoms with Crippen molar-refractivity contribution >= 4 is 18.0 Å². The van der Waals surface area contributed by atoms with E-state index < -0.39 is 18.0 Å². The number of rotatable bonds is 5. The molecule has 132 valence electrons. The molecule has 3 rings (SSSR count). The van der Waals surface area contributed by atoms with E-state index in [9.17, 15) is 14.7 Å². The molecule has 1 aromatic heterocycles. The first-order chi connectivity index (χ1) is 11.4. The summed E-state index contributed by atoms with van der Waals surface area (Å²) in [4.78, 5) is 30.4. The Balaban J connectivity index is 1.65. The molecule has 1 aromatic rings. The zero-order valence-corrected chi connectivity index (χ0v) is 13.8. The number of piperidine rings is 1. The van der Waals surface area contributed by atoms with Gasteiger partial charge in [0.15, 0.2) is 5.69 Å². The van der Waals surface area contributed by atoms with E-state index in [2.05, 4.69) is 16.8 Å². The monoisotopic (exact) mass is 337 g/mol. The molecule has 0 bridgehead atoms. The molecule has 2 N–H and O–H groups in total. The summed E-state index contributed by atoms with van der Waals surface area (Å²) in [6.07, 6.45) is 4.51. The Morgan fingerprint density at radius 3 is 2.62 bits per heavy atom.